The van der Waals surface area contributed by atoms with Crippen molar-refractivity contribution in [1.82, 2.24) is 0 Å². The summed E-state index contributed by atoms with van der Waals surface area (Å²) in [6.45, 7) is 1.07. The van der Waals surface area contributed by atoms with E-state index < -0.39 is 11.6 Å². The Morgan fingerprint density at radius 3 is 2.26 bits per heavy atom. The van der Waals surface area contributed by atoms with Crippen molar-refractivity contribution >= 4 is 5.97 Å². The molecule has 3 unspecified atom stereocenters. The van der Waals surface area contributed by atoms with E-state index in [9.17, 15) is 9.90 Å². The zero-order valence-corrected chi connectivity index (χ0v) is 16.8. The first kappa shape index (κ1) is 18.9. The monoisotopic (exact) mass is 372 g/mol. The number of nitrogens with zero attached hydrogens (tertiary/aromatic N) is 1. The summed E-state index contributed by atoms with van der Waals surface area (Å²) in [7, 11) is 4.47. The second-order valence-corrected chi connectivity index (χ2v) is 9.56. The Labute approximate surface area is 163 Å². The summed E-state index contributed by atoms with van der Waals surface area (Å²) in [6.07, 6.45) is 8.51. The van der Waals surface area contributed by atoms with Gasteiger partial charge in [0.15, 0.2) is 11.7 Å². The van der Waals surface area contributed by atoms with Gasteiger partial charge in [-0.1, -0.05) is 56.0 Å². The van der Waals surface area contributed by atoms with Crippen LogP contribution >= 0.6 is 0 Å². The number of esters is 1. The predicted octanol–water partition coefficient (Wildman–Crippen LogP) is 3.63. The van der Waals surface area contributed by atoms with Gasteiger partial charge in [-0.2, -0.15) is 0 Å². The maximum absolute atomic E-state index is 13.5. The number of carbonyl (C=O) groups is 1. The van der Waals surface area contributed by atoms with Gasteiger partial charge in [0.1, 0.15) is 6.04 Å². The molecule has 1 N–H and O–H groups in total. The lowest BCUT2D eigenvalue weighted by molar-refractivity contribution is -0.908. The molecule has 27 heavy (non-hydrogen) atoms. The van der Waals surface area contributed by atoms with E-state index in [1.165, 1.54) is 12.8 Å². The minimum Gasteiger partial charge on any atom is -0.453 e. The quantitative estimate of drug-likeness (QED) is 0.499. The van der Waals surface area contributed by atoms with Gasteiger partial charge < -0.3 is 14.3 Å². The van der Waals surface area contributed by atoms with Crippen molar-refractivity contribution in [3.8, 4) is 0 Å². The summed E-state index contributed by atoms with van der Waals surface area (Å²) in [6, 6.07) is 9.88. The van der Waals surface area contributed by atoms with E-state index >= 15 is 0 Å². The Kier molecular flexibility index (Phi) is 5.06. The van der Waals surface area contributed by atoms with Crippen molar-refractivity contribution in [3.63, 3.8) is 0 Å². The van der Waals surface area contributed by atoms with Crippen LogP contribution in [-0.2, 0) is 15.1 Å². The summed E-state index contributed by atoms with van der Waals surface area (Å²) in [5, 5.41) is 11.8. The maximum Gasteiger partial charge on any atom is 0.343 e. The number of quaternary nitrogens is 1. The SMILES string of the molecule is C[N+]1(C)CC2CC[C@H]1C2OC(=O)C(O)(c1ccccc1)C1CCCCCC1. The van der Waals surface area contributed by atoms with Crippen LogP contribution in [0.2, 0.25) is 0 Å². The number of likely N-dealkylation sites (N-methyl/N-ethyl adjacent to an activating group) is 1. The van der Waals surface area contributed by atoms with Crippen LogP contribution in [0.1, 0.15) is 56.9 Å². The molecule has 1 aromatic carbocycles. The fourth-order valence-electron chi connectivity index (χ4n) is 6.01. The van der Waals surface area contributed by atoms with E-state index in [1.807, 2.05) is 30.3 Å². The minimum atomic E-state index is -1.52. The fourth-order valence-corrected chi connectivity index (χ4v) is 6.01. The van der Waals surface area contributed by atoms with E-state index in [4.69, 9.17) is 4.74 Å². The van der Waals surface area contributed by atoms with Crippen molar-refractivity contribution in [2.75, 3.05) is 20.6 Å². The van der Waals surface area contributed by atoms with Crippen LogP contribution in [-0.4, -0.2) is 48.3 Å². The highest BCUT2D eigenvalue weighted by atomic mass is 16.6. The molecule has 0 aromatic heterocycles. The normalized spacial score (nSPS) is 32.6. The zero-order chi connectivity index (χ0) is 19.1. The van der Waals surface area contributed by atoms with Crippen LogP contribution in [0.15, 0.2) is 30.3 Å². The number of carbonyl (C=O) groups excluding carboxylic acids is 1. The molecule has 3 fully saturated rings. The van der Waals surface area contributed by atoms with Crippen LogP contribution in [0.25, 0.3) is 0 Å². The summed E-state index contributed by atoms with van der Waals surface area (Å²) in [5.41, 5.74) is -0.828. The first-order valence-electron chi connectivity index (χ1n) is 10.7. The molecule has 2 saturated carbocycles. The van der Waals surface area contributed by atoms with Crippen LogP contribution in [0, 0.1) is 11.8 Å². The first-order valence-corrected chi connectivity index (χ1v) is 10.7. The highest BCUT2D eigenvalue weighted by molar-refractivity contribution is 5.82. The van der Waals surface area contributed by atoms with Crippen LogP contribution in [0.5, 0.6) is 0 Å². The van der Waals surface area contributed by atoms with Crippen molar-refractivity contribution in [2.45, 2.75) is 69.1 Å². The average molecular weight is 373 g/mol. The number of likely N-dealkylation sites (tertiary alicyclic amines) is 1. The largest absolute Gasteiger partial charge is 0.453 e. The van der Waals surface area contributed by atoms with E-state index in [1.54, 1.807) is 0 Å². The van der Waals surface area contributed by atoms with Gasteiger partial charge in [0.2, 0.25) is 0 Å². The van der Waals surface area contributed by atoms with E-state index in [0.29, 0.717) is 17.5 Å². The molecule has 0 amide bonds. The van der Waals surface area contributed by atoms with Gasteiger partial charge in [0.25, 0.3) is 0 Å². The molecule has 4 atom stereocenters. The molecular weight excluding hydrogens is 338 g/mol. The molecule has 1 saturated heterocycles. The van der Waals surface area contributed by atoms with Crippen molar-refractivity contribution < 1.29 is 19.1 Å². The predicted molar refractivity (Wildman–Crippen MR) is 105 cm³/mol. The van der Waals surface area contributed by atoms with Crippen molar-refractivity contribution in [3.05, 3.63) is 35.9 Å². The molecule has 2 bridgehead atoms. The highest BCUT2D eigenvalue weighted by Crippen LogP contribution is 2.45. The third-order valence-corrected chi connectivity index (χ3v) is 7.49. The molecule has 1 aliphatic heterocycles. The number of ether oxygens (including phenoxy) is 1. The molecule has 4 nitrogen and oxygen atoms in total. The molecule has 148 valence electrons. The third kappa shape index (κ3) is 3.31. The van der Waals surface area contributed by atoms with Gasteiger partial charge in [0, 0.05) is 12.3 Å². The third-order valence-electron chi connectivity index (χ3n) is 7.49. The van der Waals surface area contributed by atoms with Crippen LogP contribution in [0.4, 0.5) is 0 Å². The second-order valence-electron chi connectivity index (χ2n) is 9.56. The fraction of sp³-hybridized carbons (Fsp3) is 0.696. The number of benzene rings is 1. The van der Waals surface area contributed by atoms with Gasteiger partial charge in [-0.05, 0) is 24.8 Å². The molecule has 2 aliphatic carbocycles. The summed E-state index contributed by atoms with van der Waals surface area (Å²) in [4.78, 5) is 13.5. The summed E-state index contributed by atoms with van der Waals surface area (Å²) >= 11 is 0. The molecule has 1 aromatic rings. The number of hydrogen-bond donors (Lipinski definition) is 1. The summed E-state index contributed by atoms with van der Waals surface area (Å²) < 4.78 is 7.07. The molecule has 0 spiro atoms. The van der Waals surface area contributed by atoms with Gasteiger partial charge in [-0.15, -0.1) is 0 Å². The minimum absolute atomic E-state index is 0.0477. The van der Waals surface area contributed by atoms with Gasteiger partial charge in [0.05, 0.1) is 26.6 Å². The average Bonchev–Trinajstić information content (AvgIpc) is 3.00. The molecular formula is C23H34NO3+. The molecule has 3 aliphatic rings. The second kappa shape index (κ2) is 7.21. The summed E-state index contributed by atoms with van der Waals surface area (Å²) in [5.74, 6) is -0.0380. The Bertz CT molecular complexity index is 665. The zero-order valence-electron chi connectivity index (χ0n) is 16.8. The van der Waals surface area contributed by atoms with Gasteiger partial charge in [-0.3, -0.25) is 0 Å². The Hall–Kier alpha value is -1.39. The number of rotatable bonds is 4. The Morgan fingerprint density at radius 1 is 1.04 bits per heavy atom. The van der Waals surface area contributed by atoms with Crippen LogP contribution < -0.4 is 0 Å². The van der Waals surface area contributed by atoms with E-state index in [2.05, 4.69) is 14.1 Å². The Morgan fingerprint density at radius 2 is 1.70 bits per heavy atom. The molecule has 4 heteroatoms. The van der Waals surface area contributed by atoms with Crippen LogP contribution in [0.3, 0.4) is 0 Å². The van der Waals surface area contributed by atoms with Gasteiger partial charge in [-0.25, -0.2) is 4.79 Å². The standard InChI is InChI=1S/C23H34NO3/c1-24(2)16-17-14-15-20(24)21(17)27-22(25)23(26,19-12-8-5-9-13-19)18-10-6-3-4-7-11-18/h5,8-9,12-13,17-18,20-21,26H,3-4,6-7,10-11,14-16H2,1-2H3/q+1/t17?,20-,21?,23?/m0/s1. The molecule has 4 rings (SSSR count). The number of hydrogen-bond acceptors (Lipinski definition) is 3. The Balaban J connectivity index is 1.62. The number of aliphatic hydroxyl groups is 1. The van der Waals surface area contributed by atoms with E-state index in [0.717, 1.165) is 49.6 Å². The lowest BCUT2D eigenvalue weighted by Crippen LogP contribution is -2.50. The smallest absolute Gasteiger partial charge is 0.343 e. The molecule has 1 heterocycles. The van der Waals surface area contributed by atoms with Crippen molar-refractivity contribution in [2.24, 2.45) is 11.8 Å². The van der Waals surface area contributed by atoms with E-state index in [-0.39, 0.29) is 12.0 Å². The first-order chi connectivity index (χ1) is 12.9. The molecule has 0 radical (unpaired) electrons. The van der Waals surface area contributed by atoms with Gasteiger partial charge >= 0.3 is 5.97 Å². The lowest BCUT2D eigenvalue weighted by Gasteiger charge is -2.36. The topological polar surface area (TPSA) is 46.5 Å². The number of piperidine rings is 1. The highest BCUT2D eigenvalue weighted by Gasteiger charge is 2.58. The maximum atomic E-state index is 13.5. The number of fused-ring (bicyclic) bond motifs is 2. The van der Waals surface area contributed by atoms with Crippen molar-refractivity contribution in [1.29, 1.82) is 0 Å². The lowest BCUT2D eigenvalue weighted by atomic mass is 9.77.